The molecule has 0 heterocycles. The van der Waals surface area contributed by atoms with E-state index in [0.717, 1.165) is 11.1 Å². The molecule has 1 nitrogen and oxygen atoms in total. The number of halogens is 2. The Balaban J connectivity index is 2.05. The van der Waals surface area contributed by atoms with Gasteiger partial charge in [-0.15, -0.1) is 6.42 Å². The van der Waals surface area contributed by atoms with Gasteiger partial charge in [0.15, 0.2) is 0 Å². The summed E-state index contributed by atoms with van der Waals surface area (Å²) in [5, 5.41) is 0. The van der Waals surface area contributed by atoms with E-state index in [-0.39, 0.29) is 11.6 Å². The number of nitrogens with zero attached hydrogens (tertiary/aromatic N) is 1. The zero-order chi connectivity index (χ0) is 14.4. The van der Waals surface area contributed by atoms with Gasteiger partial charge in [0, 0.05) is 13.1 Å². The summed E-state index contributed by atoms with van der Waals surface area (Å²) in [6.45, 7) is 1.73. The third-order valence-electron chi connectivity index (χ3n) is 2.95. The zero-order valence-corrected chi connectivity index (χ0v) is 11.0. The average Bonchev–Trinajstić information content (AvgIpc) is 2.44. The first-order valence-corrected chi connectivity index (χ1v) is 6.32. The average molecular weight is 271 g/mol. The molecule has 0 aliphatic rings. The summed E-state index contributed by atoms with van der Waals surface area (Å²) >= 11 is 0. The van der Waals surface area contributed by atoms with Crippen molar-refractivity contribution in [3.05, 3.63) is 71.3 Å². The van der Waals surface area contributed by atoms with E-state index in [0.29, 0.717) is 19.6 Å². The Hall–Kier alpha value is -2.18. The molecular weight excluding hydrogens is 256 g/mol. The lowest BCUT2D eigenvalue weighted by molar-refractivity contribution is 0.290. The van der Waals surface area contributed by atoms with Crippen molar-refractivity contribution < 1.29 is 8.78 Å². The van der Waals surface area contributed by atoms with Crippen molar-refractivity contribution in [3.63, 3.8) is 0 Å². The Morgan fingerprint density at radius 3 is 1.55 bits per heavy atom. The van der Waals surface area contributed by atoms with E-state index in [9.17, 15) is 8.78 Å². The van der Waals surface area contributed by atoms with E-state index < -0.39 is 0 Å². The zero-order valence-electron chi connectivity index (χ0n) is 11.0. The van der Waals surface area contributed by atoms with Crippen LogP contribution in [0, 0.1) is 24.0 Å². The quantitative estimate of drug-likeness (QED) is 0.751. The van der Waals surface area contributed by atoms with Gasteiger partial charge < -0.3 is 0 Å². The van der Waals surface area contributed by atoms with E-state index in [1.54, 1.807) is 24.3 Å². The fourth-order valence-electron chi connectivity index (χ4n) is 1.99. The van der Waals surface area contributed by atoms with Crippen LogP contribution in [0.1, 0.15) is 11.1 Å². The maximum Gasteiger partial charge on any atom is 0.123 e. The minimum Gasteiger partial charge on any atom is -0.284 e. The molecule has 2 rings (SSSR count). The number of hydrogen-bond donors (Lipinski definition) is 0. The van der Waals surface area contributed by atoms with Crippen molar-refractivity contribution in [3.8, 4) is 12.3 Å². The third-order valence-corrected chi connectivity index (χ3v) is 2.95. The molecule has 0 unspecified atom stereocenters. The molecule has 2 aromatic rings. The van der Waals surface area contributed by atoms with E-state index in [1.165, 1.54) is 24.3 Å². The molecule has 0 aromatic heterocycles. The summed E-state index contributed by atoms with van der Waals surface area (Å²) in [7, 11) is 0. The van der Waals surface area contributed by atoms with Crippen LogP contribution in [0.15, 0.2) is 48.5 Å². The minimum atomic E-state index is -0.254. The fraction of sp³-hybridized carbons (Fsp3) is 0.176. The summed E-state index contributed by atoms with van der Waals surface area (Å²) in [6.07, 6.45) is 5.37. The van der Waals surface area contributed by atoms with Crippen LogP contribution in [0.5, 0.6) is 0 Å². The highest BCUT2D eigenvalue weighted by Gasteiger charge is 2.06. The molecule has 20 heavy (non-hydrogen) atoms. The summed E-state index contributed by atoms with van der Waals surface area (Å²) in [5.41, 5.74) is 1.98. The van der Waals surface area contributed by atoms with Crippen molar-refractivity contribution in [2.45, 2.75) is 13.1 Å². The fourth-order valence-corrected chi connectivity index (χ4v) is 1.99. The first kappa shape index (κ1) is 14.2. The predicted octanol–water partition coefficient (Wildman–Crippen LogP) is 3.60. The van der Waals surface area contributed by atoms with Gasteiger partial charge in [0.05, 0.1) is 6.54 Å². The van der Waals surface area contributed by atoms with E-state index in [1.807, 2.05) is 4.90 Å². The molecule has 0 spiro atoms. The lowest BCUT2D eigenvalue weighted by Gasteiger charge is -2.20. The second-order valence-electron chi connectivity index (χ2n) is 4.60. The Labute approximate surface area is 117 Å². The molecule has 0 N–H and O–H groups in total. The van der Waals surface area contributed by atoms with Crippen LogP contribution < -0.4 is 0 Å². The van der Waals surface area contributed by atoms with Gasteiger partial charge in [-0.2, -0.15) is 0 Å². The van der Waals surface area contributed by atoms with Gasteiger partial charge in [0.2, 0.25) is 0 Å². The summed E-state index contributed by atoms with van der Waals surface area (Å²) < 4.78 is 25.8. The molecule has 0 fully saturated rings. The Bertz CT molecular complexity index is 534. The lowest BCUT2D eigenvalue weighted by atomic mass is 10.1. The summed E-state index contributed by atoms with van der Waals surface area (Å²) in [6, 6.07) is 12.7. The first-order valence-electron chi connectivity index (χ1n) is 6.32. The highest BCUT2D eigenvalue weighted by molar-refractivity contribution is 5.18. The van der Waals surface area contributed by atoms with Crippen molar-refractivity contribution >= 4 is 0 Å². The molecule has 102 valence electrons. The second-order valence-corrected chi connectivity index (χ2v) is 4.60. The van der Waals surface area contributed by atoms with E-state index >= 15 is 0 Å². The summed E-state index contributed by atoms with van der Waals surface area (Å²) in [4.78, 5) is 2.04. The number of rotatable bonds is 5. The van der Waals surface area contributed by atoms with Crippen LogP contribution in [-0.2, 0) is 13.1 Å². The minimum absolute atomic E-state index is 0.254. The van der Waals surface area contributed by atoms with Crippen molar-refractivity contribution in [2.24, 2.45) is 0 Å². The molecule has 0 aliphatic heterocycles. The van der Waals surface area contributed by atoms with Crippen molar-refractivity contribution in [1.29, 1.82) is 0 Å². The van der Waals surface area contributed by atoms with Crippen LogP contribution >= 0.6 is 0 Å². The Morgan fingerprint density at radius 2 is 1.20 bits per heavy atom. The van der Waals surface area contributed by atoms with Gasteiger partial charge in [0.25, 0.3) is 0 Å². The standard InChI is InChI=1S/C17H15F2N/c1-2-11-20(12-14-3-7-16(18)8-4-14)13-15-5-9-17(19)10-6-15/h1,3-10H,11-13H2. The van der Waals surface area contributed by atoms with Gasteiger partial charge in [-0.3, -0.25) is 4.90 Å². The normalized spacial score (nSPS) is 10.5. The number of hydrogen-bond acceptors (Lipinski definition) is 1. The van der Waals surface area contributed by atoms with Gasteiger partial charge in [0.1, 0.15) is 11.6 Å². The maximum absolute atomic E-state index is 12.9. The van der Waals surface area contributed by atoms with Gasteiger partial charge in [-0.25, -0.2) is 8.78 Å². The van der Waals surface area contributed by atoms with E-state index in [4.69, 9.17) is 6.42 Å². The van der Waals surface area contributed by atoms with Crippen molar-refractivity contribution in [1.82, 2.24) is 4.90 Å². The smallest absolute Gasteiger partial charge is 0.123 e. The second kappa shape index (κ2) is 6.83. The Kier molecular flexibility index (Phi) is 4.86. The van der Waals surface area contributed by atoms with Gasteiger partial charge in [-0.1, -0.05) is 30.2 Å². The first-order chi connectivity index (χ1) is 9.67. The topological polar surface area (TPSA) is 3.24 Å². The van der Waals surface area contributed by atoms with Gasteiger partial charge in [-0.05, 0) is 35.4 Å². The van der Waals surface area contributed by atoms with Crippen molar-refractivity contribution in [2.75, 3.05) is 6.54 Å². The van der Waals surface area contributed by atoms with Crippen LogP contribution in [-0.4, -0.2) is 11.4 Å². The third kappa shape index (κ3) is 4.18. The number of terminal acetylenes is 1. The Morgan fingerprint density at radius 1 is 0.800 bits per heavy atom. The highest BCUT2D eigenvalue weighted by Crippen LogP contribution is 2.11. The largest absolute Gasteiger partial charge is 0.284 e. The van der Waals surface area contributed by atoms with E-state index in [2.05, 4.69) is 5.92 Å². The molecule has 3 heteroatoms. The molecule has 0 atom stereocenters. The van der Waals surface area contributed by atoms with Crippen LogP contribution in [0.25, 0.3) is 0 Å². The highest BCUT2D eigenvalue weighted by atomic mass is 19.1. The van der Waals surface area contributed by atoms with Crippen LogP contribution in [0.3, 0.4) is 0 Å². The molecule has 0 radical (unpaired) electrons. The molecule has 0 saturated heterocycles. The monoisotopic (exact) mass is 271 g/mol. The predicted molar refractivity (Wildman–Crippen MR) is 75.7 cm³/mol. The van der Waals surface area contributed by atoms with Crippen LogP contribution in [0.4, 0.5) is 8.78 Å². The lowest BCUT2D eigenvalue weighted by Crippen LogP contribution is -2.23. The molecule has 0 bridgehead atoms. The SMILES string of the molecule is C#CCN(Cc1ccc(F)cc1)Cc1ccc(F)cc1. The molecule has 2 aromatic carbocycles. The number of benzene rings is 2. The molecule has 0 saturated carbocycles. The summed E-state index contributed by atoms with van der Waals surface area (Å²) in [5.74, 6) is 2.10. The van der Waals surface area contributed by atoms with Gasteiger partial charge >= 0.3 is 0 Å². The van der Waals surface area contributed by atoms with Crippen LogP contribution in [0.2, 0.25) is 0 Å². The molecular formula is C17H15F2N. The maximum atomic E-state index is 12.9. The molecule has 0 aliphatic carbocycles. The molecule has 0 amide bonds.